The number of carbonyl (C=O) groups is 1. The van der Waals surface area contributed by atoms with Crippen molar-refractivity contribution in [3.05, 3.63) is 63.6 Å². The lowest BCUT2D eigenvalue weighted by molar-refractivity contribution is 0.102. The van der Waals surface area contributed by atoms with E-state index in [2.05, 4.69) is 31.4 Å². The van der Waals surface area contributed by atoms with Gasteiger partial charge < -0.3 is 5.32 Å². The highest BCUT2D eigenvalue weighted by molar-refractivity contribution is 9.10. The summed E-state index contributed by atoms with van der Waals surface area (Å²) in [5.74, 6) is -0.351. The first-order valence-electron chi connectivity index (χ1n) is 7.36. The Morgan fingerprint density at radius 2 is 2.00 bits per heavy atom. The van der Waals surface area contributed by atoms with Crippen LogP contribution in [0.15, 0.2) is 47.3 Å². The maximum Gasteiger partial charge on any atom is 0.277 e. The number of halogens is 2. The number of nitrogens with one attached hydrogen (secondary N) is 1. The highest BCUT2D eigenvalue weighted by Crippen LogP contribution is 2.17. The van der Waals surface area contributed by atoms with Gasteiger partial charge in [-0.25, -0.2) is 0 Å². The molecule has 0 bridgehead atoms. The molecule has 6 nitrogen and oxygen atoms in total. The van der Waals surface area contributed by atoms with Gasteiger partial charge in [0, 0.05) is 23.4 Å². The van der Waals surface area contributed by atoms with Gasteiger partial charge in [0.2, 0.25) is 0 Å². The van der Waals surface area contributed by atoms with Crippen molar-refractivity contribution < 1.29 is 4.79 Å². The van der Waals surface area contributed by atoms with E-state index in [1.807, 2.05) is 31.2 Å². The summed E-state index contributed by atoms with van der Waals surface area (Å²) in [6.45, 7) is 3.20. The minimum Gasteiger partial charge on any atom is -0.318 e. The quantitative estimate of drug-likeness (QED) is 0.698. The Hall–Kier alpha value is -2.12. The number of benzene rings is 1. The first-order chi connectivity index (χ1) is 11.5. The number of aromatic nitrogens is 4. The molecule has 8 heteroatoms. The molecule has 1 amide bonds. The van der Waals surface area contributed by atoms with Crippen molar-refractivity contribution in [2.75, 3.05) is 5.32 Å². The molecule has 0 saturated carbocycles. The third kappa shape index (κ3) is 3.85. The molecule has 3 rings (SSSR count). The molecular weight excluding hydrogens is 394 g/mol. The normalized spacial score (nSPS) is 10.8. The Bertz CT molecular complexity index is 856. The van der Waals surface area contributed by atoms with Crippen molar-refractivity contribution in [2.45, 2.75) is 20.0 Å². The molecule has 0 unspecified atom stereocenters. The minimum absolute atomic E-state index is 0.208. The zero-order valence-electron chi connectivity index (χ0n) is 12.9. The van der Waals surface area contributed by atoms with Gasteiger partial charge in [0.05, 0.1) is 23.5 Å². The molecule has 0 radical (unpaired) electrons. The lowest BCUT2D eigenvalue weighted by Gasteiger charge is -2.02. The van der Waals surface area contributed by atoms with Gasteiger partial charge in [-0.15, -0.1) is 0 Å². The molecule has 0 saturated heterocycles. The van der Waals surface area contributed by atoms with Crippen LogP contribution in [-0.4, -0.2) is 25.5 Å². The van der Waals surface area contributed by atoms with Crippen molar-refractivity contribution in [1.29, 1.82) is 0 Å². The highest BCUT2D eigenvalue weighted by atomic mass is 79.9. The molecule has 1 N–H and O–H groups in total. The molecule has 0 aliphatic carbocycles. The average Bonchev–Trinajstić information content (AvgIpc) is 3.16. The van der Waals surface area contributed by atoms with Crippen LogP contribution in [0.25, 0.3) is 0 Å². The Morgan fingerprint density at radius 3 is 2.67 bits per heavy atom. The summed E-state index contributed by atoms with van der Waals surface area (Å²) in [4.78, 5) is 12.3. The fourth-order valence-electron chi connectivity index (χ4n) is 2.19. The lowest BCUT2D eigenvalue weighted by atomic mass is 10.2. The van der Waals surface area contributed by atoms with Gasteiger partial charge in [-0.2, -0.15) is 10.2 Å². The first-order valence-corrected chi connectivity index (χ1v) is 8.53. The van der Waals surface area contributed by atoms with Gasteiger partial charge >= 0.3 is 0 Å². The second kappa shape index (κ2) is 7.19. The predicted molar refractivity (Wildman–Crippen MR) is 96.3 cm³/mol. The molecule has 124 valence electrons. The number of rotatable bonds is 5. The van der Waals surface area contributed by atoms with Gasteiger partial charge in [0.15, 0.2) is 5.69 Å². The Morgan fingerprint density at radius 1 is 1.25 bits per heavy atom. The summed E-state index contributed by atoms with van der Waals surface area (Å²) in [6.07, 6.45) is 5.00. The smallest absolute Gasteiger partial charge is 0.277 e. The topological polar surface area (TPSA) is 64.7 Å². The van der Waals surface area contributed by atoms with Gasteiger partial charge in [-0.3, -0.25) is 14.2 Å². The average molecular weight is 409 g/mol. The molecule has 0 aliphatic heterocycles. The monoisotopic (exact) mass is 407 g/mol. The number of aryl methyl sites for hydroxylation is 1. The molecule has 2 aromatic heterocycles. The number of amides is 1. The largest absolute Gasteiger partial charge is 0.318 e. The van der Waals surface area contributed by atoms with Gasteiger partial charge in [-0.1, -0.05) is 39.7 Å². The van der Waals surface area contributed by atoms with E-state index in [0.717, 1.165) is 10.0 Å². The van der Waals surface area contributed by atoms with E-state index < -0.39 is 0 Å². The fourth-order valence-corrected chi connectivity index (χ4v) is 2.70. The van der Waals surface area contributed by atoms with Crippen LogP contribution in [0.2, 0.25) is 5.02 Å². The third-order valence-corrected chi connectivity index (χ3v) is 4.21. The summed E-state index contributed by atoms with van der Waals surface area (Å²) in [7, 11) is 0. The van der Waals surface area contributed by atoms with Crippen LogP contribution in [0, 0.1) is 0 Å². The number of hydrogen-bond donors (Lipinski definition) is 1. The van der Waals surface area contributed by atoms with Crippen LogP contribution < -0.4 is 5.32 Å². The molecule has 0 aliphatic rings. The van der Waals surface area contributed by atoms with E-state index in [1.54, 1.807) is 28.0 Å². The van der Waals surface area contributed by atoms with Crippen molar-refractivity contribution >= 4 is 39.1 Å². The summed E-state index contributed by atoms with van der Waals surface area (Å²) in [5.41, 5.74) is 1.92. The van der Waals surface area contributed by atoms with Crippen molar-refractivity contribution in [3.8, 4) is 0 Å². The summed E-state index contributed by atoms with van der Waals surface area (Å²) in [6, 6.07) is 7.99. The van der Waals surface area contributed by atoms with Crippen molar-refractivity contribution in [2.24, 2.45) is 0 Å². The van der Waals surface area contributed by atoms with Gasteiger partial charge in [0.25, 0.3) is 5.91 Å². The Labute approximate surface area is 152 Å². The summed E-state index contributed by atoms with van der Waals surface area (Å²) in [5, 5.41) is 11.5. The third-order valence-electron chi connectivity index (χ3n) is 3.41. The SMILES string of the molecule is CCn1cc(Cl)c(C(=O)Nc2cnn(Cc3ccc(Br)cc3)c2)n1. The van der Waals surface area contributed by atoms with E-state index in [4.69, 9.17) is 11.6 Å². The number of anilines is 1. The zero-order valence-corrected chi connectivity index (χ0v) is 15.3. The number of nitrogens with zero attached hydrogens (tertiary/aromatic N) is 4. The molecule has 0 fully saturated rings. The molecule has 0 atom stereocenters. The van der Waals surface area contributed by atoms with Crippen LogP contribution in [-0.2, 0) is 13.1 Å². The van der Waals surface area contributed by atoms with E-state index in [9.17, 15) is 4.79 Å². The molecule has 1 aromatic carbocycles. The van der Waals surface area contributed by atoms with E-state index in [-0.39, 0.29) is 11.6 Å². The Kier molecular flexibility index (Phi) is 5.01. The van der Waals surface area contributed by atoms with Crippen molar-refractivity contribution in [1.82, 2.24) is 19.6 Å². The lowest BCUT2D eigenvalue weighted by Crippen LogP contribution is -2.13. The summed E-state index contributed by atoms with van der Waals surface area (Å²) < 4.78 is 4.40. The molecule has 0 spiro atoms. The van der Waals surface area contributed by atoms with Crippen LogP contribution in [0.5, 0.6) is 0 Å². The van der Waals surface area contributed by atoms with Crippen LogP contribution >= 0.6 is 27.5 Å². The zero-order chi connectivity index (χ0) is 17.1. The van der Waals surface area contributed by atoms with E-state index >= 15 is 0 Å². The highest BCUT2D eigenvalue weighted by Gasteiger charge is 2.16. The minimum atomic E-state index is -0.351. The van der Waals surface area contributed by atoms with Crippen LogP contribution in [0.4, 0.5) is 5.69 Å². The molecular formula is C16H15BrClN5O. The van der Waals surface area contributed by atoms with Crippen molar-refractivity contribution in [3.63, 3.8) is 0 Å². The molecule has 2 heterocycles. The predicted octanol–water partition coefficient (Wildman–Crippen LogP) is 3.82. The number of carbonyl (C=O) groups excluding carboxylic acids is 1. The van der Waals surface area contributed by atoms with Crippen LogP contribution in [0.3, 0.4) is 0 Å². The van der Waals surface area contributed by atoms with Crippen LogP contribution in [0.1, 0.15) is 23.0 Å². The standard InChI is InChI=1S/C16H15BrClN5O/c1-2-22-10-14(18)15(21-22)16(24)20-13-7-19-23(9-13)8-11-3-5-12(17)6-4-11/h3-7,9-10H,2,8H2,1H3,(H,20,24). The molecule has 3 aromatic rings. The Balaban J connectivity index is 1.68. The second-order valence-corrected chi connectivity index (χ2v) is 6.51. The van der Waals surface area contributed by atoms with E-state index in [1.165, 1.54) is 0 Å². The second-order valence-electron chi connectivity index (χ2n) is 5.19. The first kappa shape index (κ1) is 16.7. The van der Waals surface area contributed by atoms with Gasteiger partial charge in [0.1, 0.15) is 0 Å². The fraction of sp³-hybridized carbons (Fsp3) is 0.188. The summed E-state index contributed by atoms with van der Waals surface area (Å²) >= 11 is 9.45. The maximum absolute atomic E-state index is 12.3. The van der Waals surface area contributed by atoms with Gasteiger partial charge in [-0.05, 0) is 24.6 Å². The molecule has 24 heavy (non-hydrogen) atoms. The maximum atomic E-state index is 12.3. The number of hydrogen-bond acceptors (Lipinski definition) is 3. The van der Waals surface area contributed by atoms with E-state index in [0.29, 0.717) is 23.8 Å².